The molecule has 0 saturated carbocycles. The molecule has 0 saturated heterocycles. The Labute approximate surface area is 124 Å². The molecule has 1 atom stereocenters. The molecule has 2 aromatic rings. The van der Waals surface area contributed by atoms with Crippen molar-refractivity contribution in [1.82, 2.24) is 0 Å². The molecule has 2 aromatic carbocycles. The minimum absolute atomic E-state index is 0.248. The molecule has 2 rings (SSSR count). The maximum atomic E-state index is 13.8. The number of methoxy groups -OCH3 is 2. The molecular weight excluding hydrogens is 269 g/mol. The monoisotopic (exact) mass is 289 g/mol. The number of nitrogens with two attached hydrogens (primary N) is 1. The van der Waals surface area contributed by atoms with Crippen LogP contribution in [0.25, 0.3) is 0 Å². The first-order valence-corrected chi connectivity index (χ1v) is 6.72. The zero-order chi connectivity index (χ0) is 15.5. The molecule has 0 aliphatic heterocycles. The van der Waals surface area contributed by atoms with Gasteiger partial charge in [0.05, 0.1) is 14.2 Å². The van der Waals surface area contributed by atoms with Gasteiger partial charge in [0.25, 0.3) is 0 Å². The highest BCUT2D eigenvalue weighted by Gasteiger charge is 2.27. The predicted molar refractivity (Wildman–Crippen MR) is 81.2 cm³/mol. The molecule has 0 aromatic heterocycles. The molecule has 0 fully saturated rings. The lowest BCUT2D eigenvalue weighted by atomic mass is 9.85. The molecule has 0 bridgehead atoms. The fourth-order valence-electron chi connectivity index (χ4n) is 2.40. The summed E-state index contributed by atoms with van der Waals surface area (Å²) in [5.41, 5.74) is 7.07. The second-order valence-corrected chi connectivity index (χ2v) is 5.25. The van der Waals surface area contributed by atoms with Gasteiger partial charge in [0, 0.05) is 17.2 Å². The Balaban J connectivity index is 2.37. The maximum absolute atomic E-state index is 13.8. The SMILES string of the molecule is COc1ccc(C(C)(N)Cc2ccccc2F)c(OC)c1. The van der Waals surface area contributed by atoms with E-state index in [1.54, 1.807) is 38.5 Å². The smallest absolute Gasteiger partial charge is 0.127 e. The Morgan fingerprint density at radius 2 is 1.81 bits per heavy atom. The molecule has 4 heteroatoms. The van der Waals surface area contributed by atoms with Crippen molar-refractivity contribution in [2.24, 2.45) is 5.73 Å². The Morgan fingerprint density at radius 1 is 1.10 bits per heavy atom. The van der Waals surface area contributed by atoms with Crippen molar-refractivity contribution in [2.45, 2.75) is 18.9 Å². The fourth-order valence-corrected chi connectivity index (χ4v) is 2.40. The van der Waals surface area contributed by atoms with Crippen LogP contribution in [0.1, 0.15) is 18.1 Å². The van der Waals surface area contributed by atoms with Gasteiger partial charge in [-0.15, -0.1) is 0 Å². The molecule has 112 valence electrons. The number of hydrogen-bond donors (Lipinski definition) is 1. The topological polar surface area (TPSA) is 44.5 Å². The van der Waals surface area contributed by atoms with Crippen molar-refractivity contribution < 1.29 is 13.9 Å². The lowest BCUT2D eigenvalue weighted by molar-refractivity contribution is 0.374. The van der Waals surface area contributed by atoms with E-state index in [4.69, 9.17) is 15.2 Å². The Bertz CT molecular complexity index is 626. The van der Waals surface area contributed by atoms with E-state index < -0.39 is 5.54 Å². The van der Waals surface area contributed by atoms with E-state index in [2.05, 4.69) is 0 Å². The third kappa shape index (κ3) is 3.34. The second-order valence-electron chi connectivity index (χ2n) is 5.25. The molecule has 2 N–H and O–H groups in total. The highest BCUT2D eigenvalue weighted by molar-refractivity contribution is 5.45. The molecular formula is C17H20FNO2. The van der Waals surface area contributed by atoms with Gasteiger partial charge in [-0.3, -0.25) is 0 Å². The summed E-state index contributed by atoms with van der Waals surface area (Å²) in [6.45, 7) is 1.86. The van der Waals surface area contributed by atoms with Gasteiger partial charge < -0.3 is 15.2 Å². The number of hydrogen-bond acceptors (Lipinski definition) is 3. The van der Waals surface area contributed by atoms with E-state index in [-0.39, 0.29) is 5.82 Å². The number of ether oxygens (including phenoxy) is 2. The summed E-state index contributed by atoms with van der Waals surface area (Å²) >= 11 is 0. The average molecular weight is 289 g/mol. The first kappa shape index (κ1) is 15.3. The van der Waals surface area contributed by atoms with Crippen molar-refractivity contribution in [3.63, 3.8) is 0 Å². The predicted octanol–water partition coefficient (Wildman–Crippen LogP) is 3.26. The lowest BCUT2D eigenvalue weighted by Crippen LogP contribution is -2.36. The zero-order valence-electron chi connectivity index (χ0n) is 12.5. The van der Waals surface area contributed by atoms with Crippen LogP contribution >= 0.6 is 0 Å². The zero-order valence-corrected chi connectivity index (χ0v) is 12.5. The van der Waals surface area contributed by atoms with Crippen molar-refractivity contribution in [2.75, 3.05) is 14.2 Å². The molecule has 21 heavy (non-hydrogen) atoms. The summed E-state index contributed by atoms with van der Waals surface area (Å²) in [4.78, 5) is 0. The van der Waals surface area contributed by atoms with E-state index in [0.29, 0.717) is 23.5 Å². The molecule has 0 amide bonds. The molecule has 1 unspecified atom stereocenters. The Hall–Kier alpha value is -2.07. The van der Waals surface area contributed by atoms with E-state index >= 15 is 0 Å². The normalized spacial score (nSPS) is 13.6. The standard InChI is InChI=1S/C17H20FNO2/c1-17(19,11-12-6-4-5-7-15(12)18)14-9-8-13(20-2)10-16(14)21-3/h4-10H,11,19H2,1-3H3. The summed E-state index contributed by atoms with van der Waals surface area (Å²) in [5.74, 6) is 1.08. The minimum Gasteiger partial charge on any atom is -0.497 e. The quantitative estimate of drug-likeness (QED) is 0.919. The van der Waals surface area contributed by atoms with Gasteiger partial charge in [0.1, 0.15) is 17.3 Å². The fraction of sp³-hybridized carbons (Fsp3) is 0.294. The van der Waals surface area contributed by atoms with Gasteiger partial charge in [-0.25, -0.2) is 4.39 Å². The van der Waals surface area contributed by atoms with E-state index in [1.165, 1.54) is 6.07 Å². The van der Waals surface area contributed by atoms with Gasteiger partial charge in [-0.05, 0) is 37.1 Å². The first-order chi connectivity index (χ1) is 9.97. The van der Waals surface area contributed by atoms with Crippen LogP contribution in [0.5, 0.6) is 11.5 Å². The molecule has 0 radical (unpaired) electrons. The van der Waals surface area contributed by atoms with Crippen molar-refractivity contribution in [1.29, 1.82) is 0 Å². The van der Waals surface area contributed by atoms with Gasteiger partial charge >= 0.3 is 0 Å². The second kappa shape index (κ2) is 6.14. The van der Waals surface area contributed by atoms with E-state index in [9.17, 15) is 4.39 Å². The van der Waals surface area contributed by atoms with Crippen LogP contribution in [-0.2, 0) is 12.0 Å². The van der Waals surface area contributed by atoms with Crippen molar-refractivity contribution in [3.05, 3.63) is 59.4 Å². The third-order valence-electron chi connectivity index (χ3n) is 3.54. The van der Waals surface area contributed by atoms with Crippen LogP contribution in [0, 0.1) is 5.82 Å². The largest absolute Gasteiger partial charge is 0.497 e. The summed E-state index contributed by atoms with van der Waals surface area (Å²) < 4.78 is 24.4. The van der Waals surface area contributed by atoms with Gasteiger partial charge in [0.15, 0.2) is 0 Å². The highest BCUT2D eigenvalue weighted by atomic mass is 19.1. The summed E-state index contributed by atoms with van der Waals surface area (Å²) in [7, 11) is 3.17. The lowest BCUT2D eigenvalue weighted by Gasteiger charge is -2.27. The average Bonchev–Trinajstić information content (AvgIpc) is 2.48. The number of rotatable bonds is 5. The van der Waals surface area contributed by atoms with E-state index in [1.807, 2.05) is 19.1 Å². The third-order valence-corrected chi connectivity index (χ3v) is 3.54. The van der Waals surface area contributed by atoms with Gasteiger partial charge in [-0.1, -0.05) is 18.2 Å². The van der Waals surface area contributed by atoms with Crippen molar-refractivity contribution in [3.8, 4) is 11.5 Å². The van der Waals surface area contributed by atoms with Gasteiger partial charge in [-0.2, -0.15) is 0 Å². The summed E-state index contributed by atoms with van der Waals surface area (Å²) in [6, 6.07) is 12.1. The molecule has 3 nitrogen and oxygen atoms in total. The van der Waals surface area contributed by atoms with Crippen LogP contribution in [0.4, 0.5) is 4.39 Å². The van der Waals surface area contributed by atoms with Crippen LogP contribution in [0.15, 0.2) is 42.5 Å². The molecule has 0 spiro atoms. The number of benzene rings is 2. The minimum atomic E-state index is -0.750. The van der Waals surface area contributed by atoms with Crippen LogP contribution in [0.3, 0.4) is 0 Å². The van der Waals surface area contributed by atoms with Crippen LogP contribution in [-0.4, -0.2) is 14.2 Å². The summed E-state index contributed by atoms with van der Waals surface area (Å²) in [5, 5.41) is 0. The molecule has 0 aliphatic rings. The molecule has 0 aliphatic carbocycles. The molecule has 0 heterocycles. The first-order valence-electron chi connectivity index (χ1n) is 6.72. The number of halogens is 1. The maximum Gasteiger partial charge on any atom is 0.127 e. The Morgan fingerprint density at radius 3 is 2.43 bits per heavy atom. The van der Waals surface area contributed by atoms with Crippen molar-refractivity contribution >= 4 is 0 Å². The highest BCUT2D eigenvalue weighted by Crippen LogP contribution is 2.34. The Kier molecular flexibility index (Phi) is 4.48. The van der Waals surface area contributed by atoms with Crippen LogP contribution < -0.4 is 15.2 Å². The van der Waals surface area contributed by atoms with Gasteiger partial charge in [0.2, 0.25) is 0 Å². The summed E-state index contributed by atoms with van der Waals surface area (Å²) in [6.07, 6.45) is 0.377. The van der Waals surface area contributed by atoms with Crippen LogP contribution in [0.2, 0.25) is 0 Å². The van der Waals surface area contributed by atoms with E-state index in [0.717, 1.165) is 5.56 Å².